The fraction of sp³-hybridized carbons (Fsp3) is 0.333. The molecule has 1 aromatic rings. The van der Waals surface area contributed by atoms with Gasteiger partial charge in [-0.1, -0.05) is 11.6 Å². The molecule has 0 atom stereocenters. The van der Waals surface area contributed by atoms with Gasteiger partial charge in [-0.05, 0) is 23.8 Å². The summed E-state index contributed by atoms with van der Waals surface area (Å²) in [5, 5.41) is 0.739. The standard InChI is InChI=1S/C9H13ClN2/c1-12(2)8-3-4-9(10)7(5-8)6-11/h3-5H,6,11H2,1-2H3. The number of rotatable bonds is 2. The topological polar surface area (TPSA) is 29.3 Å². The third-order valence-electron chi connectivity index (χ3n) is 1.77. The number of anilines is 1. The van der Waals surface area contributed by atoms with Gasteiger partial charge >= 0.3 is 0 Å². The maximum Gasteiger partial charge on any atom is 0.0452 e. The number of nitrogens with two attached hydrogens (primary N) is 1. The smallest absolute Gasteiger partial charge is 0.0452 e. The highest BCUT2D eigenvalue weighted by atomic mass is 35.5. The first-order valence-corrected chi connectivity index (χ1v) is 4.18. The van der Waals surface area contributed by atoms with E-state index in [9.17, 15) is 0 Å². The highest BCUT2D eigenvalue weighted by molar-refractivity contribution is 6.31. The van der Waals surface area contributed by atoms with Crippen molar-refractivity contribution in [1.29, 1.82) is 0 Å². The van der Waals surface area contributed by atoms with Crippen LogP contribution >= 0.6 is 11.6 Å². The van der Waals surface area contributed by atoms with E-state index >= 15 is 0 Å². The van der Waals surface area contributed by atoms with E-state index in [0.29, 0.717) is 6.54 Å². The first kappa shape index (κ1) is 9.36. The minimum atomic E-state index is 0.487. The molecule has 1 aromatic carbocycles. The summed E-state index contributed by atoms with van der Waals surface area (Å²) >= 11 is 5.90. The molecule has 0 amide bonds. The van der Waals surface area contributed by atoms with Gasteiger partial charge in [-0.25, -0.2) is 0 Å². The van der Waals surface area contributed by atoms with Crippen molar-refractivity contribution in [3.8, 4) is 0 Å². The largest absolute Gasteiger partial charge is 0.378 e. The quantitative estimate of drug-likeness (QED) is 0.761. The Balaban J connectivity index is 3.05. The molecule has 0 aliphatic carbocycles. The molecule has 0 spiro atoms. The highest BCUT2D eigenvalue weighted by Gasteiger charge is 2.00. The zero-order chi connectivity index (χ0) is 9.14. The van der Waals surface area contributed by atoms with Gasteiger partial charge in [-0.3, -0.25) is 0 Å². The highest BCUT2D eigenvalue weighted by Crippen LogP contribution is 2.21. The van der Waals surface area contributed by atoms with Gasteiger partial charge in [0.2, 0.25) is 0 Å². The molecule has 1 rings (SSSR count). The number of nitrogens with zero attached hydrogens (tertiary/aromatic N) is 1. The second-order valence-electron chi connectivity index (χ2n) is 2.87. The van der Waals surface area contributed by atoms with E-state index in [4.69, 9.17) is 17.3 Å². The fourth-order valence-electron chi connectivity index (χ4n) is 0.996. The summed E-state index contributed by atoms with van der Waals surface area (Å²) < 4.78 is 0. The molecule has 0 radical (unpaired) electrons. The van der Waals surface area contributed by atoms with E-state index in [1.54, 1.807) is 0 Å². The number of hydrogen-bond acceptors (Lipinski definition) is 2. The lowest BCUT2D eigenvalue weighted by Gasteiger charge is -2.13. The van der Waals surface area contributed by atoms with Gasteiger partial charge in [0.1, 0.15) is 0 Å². The van der Waals surface area contributed by atoms with Gasteiger partial charge in [0.05, 0.1) is 0 Å². The van der Waals surface area contributed by atoms with Gasteiger partial charge < -0.3 is 10.6 Å². The number of benzene rings is 1. The molecule has 0 fully saturated rings. The summed E-state index contributed by atoms with van der Waals surface area (Å²) in [7, 11) is 3.98. The molecule has 0 saturated heterocycles. The van der Waals surface area contributed by atoms with Crippen molar-refractivity contribution < 1.29 is 0 Å². The molecule has 0 heterocycles. The summed E-state index contributed by atoms with van der Waals surface area (Å²) in [6, 6.07) is 5.85. The van der Waals surface area contributed by atoms with Crippen LogP contribution in [0.1, 0.15) is 5.56 Å². The van der Waals surface area contributed by atoms with E-state index in [0.717, 1.165) is 16.3 Å². The van der Waals surface area contributed by atoms with Crippen molar-refractivity contribution in [3.63, 3.8) is 0 Å². The van der Waals surface area contributed by atoms with Crippen LogP contribution in [0.2, 0.25) is 5.02 Å². The average molecular weight is 185 g/mol. The van der Waals surface area contributed by atoms with E-state index < -0.39 is 0 Å². The van der Waals surface area contributed by atoms with Crippen LogP contribution in [0.3, 0.4) is 0 Å². The van der Waals surface area contributed by atoms with Gasteiger partial charge in [-0.2, -0.15) is 0 Å². The molecule has 0 saturated carbocycles. The van der Waals surface area contributed by atoms with E-state index in [2.05, 4.69) is 0 Å². The SMILES string of the molecule is CN(C)c1ccc(Cl)c(CN)c1. The predicted molar refractivity (Wildman–Crippen MR) is 53.7 cm³/mol. The Bertz CT molecular complexity index is 271. The molecule has 66 valence electrons. The van der Waals surface area contributed by atoms with Crippen molar-refractivity contribution in [2.45, 2.75) is 6.54 Å². The summed E-state index contributed by atoms with van der Waals surface area (Å²) in [5.41, 5.74) is 7.63. The molecule has 0 bridgehead atoms. The normalized spacial score (nSPS) is 10.0. The molecular weight excluding hydrogens is 172 g/mol. The van der Waals surface area contributed by atoms with Crippen LogP contribution in [0.4, 0.5) is 5.69 Å². The van der Waals surface area contributed by atoms with Crippen LogP contribution in [0.25, 0.3) is 0 Å². The molecular formula is C9H13ClN2. The van der Waals surface area contributed by atoms with Gasteiger partial charge in [0, 0.05) is 31.4 Å². The summed E-state index contributed by atoms with van der Waals surface area (Å²) in [6.07, 6.45) is 0. The molecule has 0 unspecified atom stereocenters. The lowest BCUT2D eigenvalue weighted by Crippen LogP contribution is -2.09. The minimum Gasteiger partial charge on any atom is -0.378 e. The maximum absolute atomic E-state index is 5.90. The number of halogens is 1. The number of hydrogen-bond donors (Lipinski definition) is 1. The Morgan fingerprint density at radius 1 is 1.42 bits per heavy atom. The van der Waals surface area contributed by atoms with Gasteiger partial charge in [-0.15, -0.1) is 0 Å². The van der Waals surface area contributed by atoms with E-state index in [1.165, 1.54) is 0 Å². The third-order valence-corrected chi connectivity index (χ3v) is 2.13. The van der Waals surface area contributed by atoms with Crippen molar-refractivity contribution in [1.82, 2.24) is 0 Å². The lowest BCUT2D eigenvalue weighted by atomic mass is 10.2. The van der Waals surface area contributed by atoms with Crippen LogP contribution in [-0.2, 0) is 6.54 Å². The lowest BCUT2D eigenvalue weighted by molar-refractivity contribution is 1.06. The van der Waals surface area contributed by atoms with Crippen LogP contribution in [0.15, 0.2) is 18.2 Å². The predicted octanol–water partition coefficient (Wildman–Crippen LogP) is 1.86. The maximum atomic E-state index is 5.90. The third kappa shape index (κ3) is 1.90. The van der Waals surface area contributed by atoms with Gasteiger partial charge in [0.25, 0.3) is 0 Å². The molecule has 12 heavy (non-hydrogen) atoms. The molecule has 0 aromatic heterocycles. The molecule has 0 aliphatic rings. The Labute approximate surface area is 77.9 Å². The summed E-state index contributed by atoms with van der Waals surface area (Å²) in [4.78, 5) is 2.02. The molecule has 2 nitrogen and oxygen atoms in total. The van der Waals surface area contributed by atoms with Crippen molar-refractivity contribution in [3.05, 3.63) is 28.8 Å². The molecule has 3 heteroatoms. The van der Waals surface area contributed by atoms with Crippen molar-refractivity contribution in [2.24, 2.45) is 5.73 Å². The summed E-state index contributed by atoms with van der Waals surface area (Å²) in [6.45, 7) is 0.487. The monoisotopic (exact) mass is 184 g/mol. The molecule has 2 N–H and O–H groups in total. The molecule has 0 aliphatic heterocycles. The average Bonchev–Trinajstić information content (AvgIpc) is 2.05. The Morgan fingerprint density at radius 2 is 2.08 bits per heavy atom. The van der Waals surface area contributed by atoms with Crippen LogP contribution in [0, 0.1) is 0 Å². The van der Waals surface area contributed by atoms with E-state index in [-0.39, 0.29) is 0 Å². The second-order valence-corrected chi connectivity index (χ2v) is 3.28. The Morgan fingerprint density at radius 3 is 2.58 bits per heavy atom. The van der Waals surface area contributed by atoms with Crippen molar-refractivity contribution >= 4 is 17.3 Å². The van der Waals surface area contributed by atoms with Crippen LogP contribution in [-0.4, -0.2) is 14.1 Å². The van der Waals surface area contributed by atoms with E-state index in [1.807, 2.05) is 37.2 Å². The van der Waals surface area contributed by atoms with Crippen LogP contribution < -0.4 is 10.6 Å². The van der Waals surface area contributed by atoms with Gasteiger partial charge in [0.15, 0.2) is 0 Å². The summed E-state index contributed by atoms with van der Waals surface area (Å²) in [5.74, 6) is 0. The zero-order valence-corrected chi connectivity index (χ0v) is 8.10. The van der Waals surface area contributed by atoms with Crippen LogP contribution in [0.5, 0.6) is 0 Å². The minimum absolute atomic E-state index is 0.487. The Kier molecular flexibility index (Phi) is 2.95. The first-order chi connectivity index (χ1) is 5.65. The Hall–Kier alpha value is -0.730. The second kappa shape index (κ2) is 3.78. The van der Waals surface area contributed by atoms with Crippen molar-refractivity contribution in [2.75, 3.05) is 19.0 Å². The fourth-order valence-corrected chi connectivity index (χ4v) is 1.19. The first-order valence-electron chi connectivity index (χ1n) is 3.81. The zero-order valence-electron chi connectivity index (χ0n) is 7.34.